The van der Waals surface area contributed by atoms with E-state index in [2.05, 4.69) is 5.32 Å². The quantitative estimate of drug-likeness (QED) is 0.573. The highest BCUT2D eigenvalue weighted by molar-refractivity contribution is 6.34. The van der Waals surface area contributed by atoms with E-state index in [9.17, 15) is 14.3 Å². The van der Waals surface area contributed by atoms with Gasteiger partial charge in [0.2, 0.25) is 5.91 Å². The van der Waals surface area contributed by atoms with Crippen molar-refractivity contribution in [3.8, 4) is 11.5 Å². The van der Waals surface area contributed by atoms with Crippen LogP contribution >= 0.6 is 23.2 Å². The normalized spacial score (nSPS) is 17.5. The smallest absolute Gasteiger partial charge is 0.224 e. The molecule has 0 bridgehead atoms. The number of nitrogens with one attached hydrogen (secondary N) is 1. The molecule has 33 heavy (non-hydrogen) atoms. The van der Waals surface area contributed by atoms with Crippen LogP contribution in [0, 0.1) is 5.82 Å². The van der Waals surface area contributed by atoms with Crippen LogP contribution in [0.15, 0.2) is 24.3 Å². The Morgan fingerprint density at radius 1 is 1.15 bits per heavy atom. The number of rotatable bonds is 6. The largest absolute Gasteiger partial charge is 0.490 e. The molecule has 0 aromatic heterocycles. The maximum Gasteiger partial charge on any atom is 0.224 e. The monoisotopic (exact) mass is 496 g/mol. The second kappa shape index (κ2) is 9.57. The predicted octanol–water partition coefficient (Wildman–Crippen LogP) is 5.21. The third-order valence-corrected chi connectivity index (χ3v) is 6.59. The summed E-state index contributed by atoms with van der Waals surface area (Å²) in [6, 6.07) is 6.32. The zero-order chi connectivity index (χ0) is 23.8. The zero-order valence-electron chi connectivity index (χ0n) is 18.6. The first kappa shape index (κ1) is 23.9. The molecule has 2 aliphatic rings. The first-order valence-electron chi connectivity index (χ1n) is 11.0. The number of anilines is 2. The summed E-state index contributed by atoms with van der Waals surface area (Å²) in [5.41, 5.74) is 0.760. The Morgan fingerprint density at radius 3 is 2.58 bits per heavy atom. The number of amides is 1. The molecule has 178 valence electrons. The van der Waals surface area contributed by atoms with Crippen LogP contribution < -0.4 is 19.7 Å². The molecule has 2 aliphatic heterocycles. The highest BCUT2D eigenvalue weighted by Gasteiger charge is 2.35. The van der Waals surface area contributed by atoms with Crippen molar-refractivity contribution in [1.29, 1.82) is 0 Å². The molecule has 2 aromatic rings. The highest BCUT2D eigenvalue weighted by atomic mass is 35.5. The molecule has 0 spiro atoms. The van der Waals surface area contributed by atoms with Gasteiger partial charge in [0.05, 0.1) is 27.5 Å². The fourth-order valence-electron chi connectivity index (χ4n) is 4.18. The van der Waals surface area contributed by atoms with E-state index >= 15 is 0 Å². The van der Waals surface area contributed by atoms with Crippen molar-refractivity contribution >= 4 is 40.5 Å². The second-order valence-electron chi connectivity index (χ2n) is 8.85. The van der Waals surface area contributed by atoms with Gasteiger partial charge in [0.15, 0.2) is 0 Å². The van der Waals surface area contributed by atoms with E-state index in [1.165, 1.54) is 6.07 Å². The third kappa shape index (κ3) is 5.31. The minimum absolute atomic E-state index is 0.0797. The van der Waals surface area contributed by atoms with E-state index in [4.69, 9.17) is 32.7 Å². The lowest BCUT2D eigenvalue weighted by molar-refractivity contribution is -0.116. The Labute approximate surface area is 202 Å². The molecule has 1 amide bonds. The second-order valence-corrected chi connectivity index (χ2v) is 9.66. The van der Waals surface area contributed by atoms with Gasteiger partial charge in [0.25, 0.3) is 0 Å². The van der Waals surface area contributed by atoms with Gasteiger partial charge in [-0.3, -0.25) is 4.79 Å². The van der Waals surface area contributed by atoms with Crippen LogP contribution in [0.4, 0.5) is 15.8 Å². The van der Waals surface area contributed by atoms with Crippen molar-refractivity contribution in [2.24, 2.45) is 0 Å². The molecule has 9 heteroatoms. The molecule has 0 atom stereocenters. The zero-order valence-corrected chi connectivity index (χ0v) is 20.1. The van der Waals surface area contributed by atoms with Crippen LogP contribution in [0.25, 0.3) is 0 Å². The molecule has 2 N–H and O–H groups in total. The molecule has 4 rings (SSSR count). The van der Waals surface area contributed by atoms with Crippen molar-refractivity contribution < 1.29 is 23.8 Å². The Balaban J connectivity index is 1.42. The van der Waals surface area contributed by atoms with Crippen molar-refractivity contribution in [2.45, 2.75) is 51.2 Å². The summed E-state index contributed by atoms with van der Waals surface area (Å²) in [5.74, 6) is 0.535. The van der Waals surface area contributed by atoms with Gasteiger partial charge in [0.1, 0.15) is 29.5 Å². The van der Waals surface area contributed by atoms with E-state index in [0.717, 1.165) is 5.56 Å². The summed E-state index contributed by atoms with van der Waals surface area (Å²) < 4.78 is 26.3. The standard InChI is InChI=1S/C24H27Cl2FN2O4/c1-14(2)33-21-12-19(18(27)11-17(21)26)29-9-7-24(31,8-10-29)13-32-20-5-4-16(25)23-15(20)3-6-22(30)28-23/h4-5,11-12,14,31H,3,6-10,13H2,1-2H3,(H,28,30). The average Bonchev–Trinajstić information content (AvgIpc) is 2.76. The van der Waals surface area contributed by atoms with E-state index in [-0.39, 0.29) is 23.6 Å². The van der Waals surface area contributed by atoms with Gasteiger partial charge in [-0.2, -0.15) is 0 Å². The van der Waals surface area contributed by atoms with Crippen molar-refractivity contribution in [1.82, 2.24) is 0 Å². The van der Waals surface area contributed by atoms with Gasteiger partial charge in [-0.05, 0) is 51.3 Å². The molecule has 6 nitrogen and oxygen atoms in total. The number of aliphatic hydroxyl groups is 1. The number of halogens is 3. The van der Waals surface area contributed by atoms with Crippen LogP contribution in [-0.4, -0.2) is 42.4 Å². The molecule has 2 aromatic carbocycles. The number of fused-ring (bicyclic) bond motifs is 1. The minimum Gasteiger partial charge on any atom is -0.490 e. The summed E-state index contributed by atoms with van der Waals surface area (Å²) >= 11 is 12.3. The molecule has 0 aliphatic carbocycles. The number of carbonyl (C=O) groups is 1. The predicted molar refractivity (Wildman–Crippen MR) is 127 cm³/mol. The fourth-order valence-corrected chi connectivity index (χ4v) is 4.60. The van der Waals surface area contributed by atoms with Gasteiger partial charge < -0.3 is 24.8 Å². The average molecular weight is 497 g/mol. The van der Waals surface area contributed by atoms with E-state index in [1.54, 1.807) is 18.2 Å². The Bertz CT molecular complexity index is 1060. The minimum atomic E-state index is -1.05. The van der Waals surface area contributed by atoms with Crippen molar-refractivity contribution in [2.75, 3.05) is 29.9 Å². The van der Waals surface area contributed by atoms with Gasteiger partial charge in [0, 0.05) is 31.1 Å². The maximum absolute atomic E-state index is 14.6. The Hall–Kier alpha value is -2.22. The first-order chi connectivity index (χ1) is 15.6. The molecule has 0 saturated carbocycles. The number of carbonyl (C=O) groups excluding carboxylic acids is 1. The van der Waals surface area contributed by atoms with Crippen molar-refractivity contribution in [3.05, 3.63) is 45.7 Å². The van der Waals surface area contributed by atoms with Gasteiger partial charge in [-0.1, -0.05) is 23.2 Å². The number of benzene rings is 2. The molecule has 0 unspecified atom stereocenters. The van der Waals surface area contributed by atoms with Crippen LogP contribution in [0.1, 0.15) is 38.7 Å². The van der Waals surface area contributed by atoms with E-state index in [1.807, 2.05) is 18.7 Å². The molecule has 1 fully saturated rings. The summed E-state index contributed by atoms with van der Waals surface area (Å²) in [7, 11) is 0. The number of piperidine rings is 1. The van der Waals surface area contributed by atoms with Gasteiger partial charge in [-0.15, -0.1) is 0 Å². The van der Waals surface area contributed by atoms with Crippen LogP contribution in [0.3, 0.4) is 0 Å². The SMILES string of the molecule is CC(C)Oc1cc(N2CCC(O)(COc3ccc(Cl)c4c3CCC(=O)N4)CC2)c(F)cc1Cl. The highest BCUT2D eigenvalue weighted by Crippen LogP contribution is 2.39. The number of nitrogens with zero attached hydrogens (tertiary/aromatic N) is 1. The fraction of sp³-hybridized carbons (Fsp3) is 0.458. The van der Waals surface area contributed by atoms with Crippen LogP contribution in [-0.2, 0) is 11.2 Å². The number of ether oxygens (including phenoxy) is 2. The number of hydrogen-bond donors (Lipinski definition) is 2. The lowest BCUT2D eigenvalue weighted by Gasteiger charge is -2.39. The van der Waals surface area contributed by atoms with Gasteiger partial charge >= 0.3 is 0 Å². The lowest BCUT2D eigenvalue weighted by atomic mass is 9.92. The first-order valence-corrected chi connectivity index (χ1v) is 11.8. The molecular formula is C24H27Cl2FN2O4. The summed E-state index contributed by atoms with van der Waals surface area (Å²) in [6.07, 6.45) is 1.61. The van der Waals surface area contributed by atoms with Crippen molar-refractivity contribution in [3.63, 3.8) is 0 Å². The van der Waals surface area contributed by atoms with E-state index < -0.39 is 11.4 Å². The molecular weight excluding hydrogens is 470 g/mol. The Morgan fingerprint density at radius 2 is 1.88 bits per heavy atom. The van der Waals surface area contributed by atoms with E-state index in [0.29, 0.717) is 66.7 Å². The Kier molecular flexibility index (Phi) is 6.93. The molecule has 1 saturated heterocycles. The summed E-state index contributed by atoms with van der Waals surface area (Å²) in [5, 5.41) is 14.6. The lowest BCUT2D eigenvalue weighted by Crippen LogP contribution is -2.48. The molecule has 0 radical (unpaired) electrons. The number of hydrogen-bond acceptors (Lipinski definition) is 5. The van der Waals surface area contributed by atoms with Crippen LogP contribution in [0.5, 0.6) is 11.5 Å². The van der Waals surface area contributed by atoms with Crippen LogP contribution in [0.2, 0.25) is 10.0 Å². The topological polar surface area (TPSA) is 71.0 Å². The molecule has 2 heterocycles. The summed E-state index contributed by atoms with van der Waals surface area (Å²) in [4.78, 5) is 13.6. The third-order valence-electron chi connectivity index (χ3n) is 5.98. The summed E-state index contributed by atoms with van der Waals surface area (Å²) in [6.45, 7) is 4.76. The maximum atomic E-state index is 14.6. The van der Waals surface area contributed by atoms with Gasteiger partial charge in [-0.25, -0.2) is 4.39 Å².